The van der Waals surface area contributed by atoms with E-state index >= 15 is 0 Å². The van der Waals surface area contributed by atoms with E-state index in [1.54, 1.807) is 5.38 Å². The summed E-state index contributed by atoms with van der Waals surface area (Å²) in [6, 6.07) is 2.05. The van der Waals surface area contributed by atoms with Crippen LogP contribution in [0.1, 0.15) is 32.1 Å². The van der Waals surface area contributed by atoms with Crippen LogP contribution in [0.5, 0.6) is 0 Å². The van der Waals surface area contributed by atoms with E-state index in [2.05, 4.69) is 19.9 Å². The van der Waals surface area contributed by atoms with E-state index in [4.69, 9.17) is 21.5 Å². The highest BCUT2D eigenvalue weighted by molar-refractivity contribution is 7.93. The fraction of sp³-hybridized carbons (Fsp3) is 0.522. The smallest absolute Gasteiger partial charge is 0.290 e. The number of hydrogen-bond acceptors (Lipinski definition) is 8. The average molecular weight is 576 g/mol. The molecule has 1 aliphatic carbocycles. The van der Waals surface area contributed by atoms with E-state index in [1.807, 2.05) is 19.0 Å². The molecule has 10 nitrogen and oxygen atoms in total. The minimum Gasteiger partial charge on any atom is -0.483 e. The predicted octanol–water partition coefficient (Wildman–Crippen LogP) is 3.57. The second kappa shape index (κ2) is 12.9. The molecular weight excluding hydrogens is 545 g/mol. The molecule has 0 unspecified atom stereocenters. The van der Waals surface area contributed by atoms with Gasteiger partial charge in [0.05, 0.1) is 22.7 Å². The Kier molecular flexibility index (Phi) is 10.1. The van der Waals surface area contributed by atoms with Crippen molar-refractivity contribution < 1.29 is 27.5 Å². The lowest BCUT2D eigenvalue weighted by molar-refractivity contribution is -0.136. The number of benzene rings is 1. The van der Waals surface area contributed by atoms with Gasteiger partial charge in [-0.2, -0.15) is 0 Å². The quantitative estimate of drug-likeness (QED) is 0.427. The van der Waals surface area contributed by atoms with Crippen LogP contribution >= 0.6 is 22.9 Å². The Morgan fingerprint density at radius 3 is 2.65 bits per heavy atom. The van der Waals surface area contributed by atoms with E-state index in [9.17, 15) is 17.6 Å². The third kappa shape index (κ3) is 7.30. The molecule has 1 amide bonds. The molecule has 0 radical (unpaired) electrons. The molecule has 0 spiro atoms. The number of amides is 1. The van der Waals surface area contributed by atoms with Crippen LogP contribution in [0, 0.1) is 11.7 Å². The molecule has 3 atom stereocenters. The highest BCUT2D eigenvalue weighted by Gasteiger charge is 2.36. The zero-order valence-electron chi connectivity index (χ0n) is 20.6. The number of carboxylic acid groups (broad SMARTS) is 1. The molecule has 204 valence electrons. The van der Waals surface area contributed by atoms with Gasteiger partial charge in [0.2, 0.25) is 5.91 Å². The second-order valence-corrected chi connectivity index (χ2v) is 12.1. The summed E-state index contributed by atoms with van der Waals surface area (Å²) in [5, 5.41) is 12.0. The molecule has 3 N–H and O–H groups in total. The molecule has 14 heteroatoms. The van der Waals surface area contributed by atoms with E-state index in [1.165, 1.54) is 6.20 Å². The lowest BCUT2D eigenvalue weighted by Crippen LogP contribution is -2.51. The van der Waals surface area contributed by atoms with Crippen molar-refractivity contribution >= 4 is 56.2 Å². The molecule has 1 saturated carbocycles. The number of rotatable bonds is 7. The van der Waals surface area contributed by atoms with Crippen LogP contribution < -0.4 is 10.0 Å². The van der Waals surface area contributed by atoms with Gasteiger partial charge in [0.1, 0.15) is 10.7 Å². The standard InChI is InChI=1S/C22H29ClFN5O3S2.CH2O2/c1-28-9-7-14(13-28)21(30)29(2)19-6-4-3-5-17(19)26-18-12-16(24)20(11-15(18)23)34(31,32)27-22-25-8-10-33-22;2-1-3/h8,10-12,14,17,19,26H,3-7,9,13H2,1-2H3,(H,25,27);1H,(H,2,3)/t14-,17-,19-;/m0./s1. The average Bonchev–Trinajstić information content (AvgIpc) is 3.52. The SMILES string of the molecule is CN1CC[C@H](C(=O)N(C)[C@H]2CCCC[C@@H]2Nc2cc(F)c(S(=O)(=O)Nc3nccs3)cc2Cl)C1.O=CO. The van der Waals surface area contributed by atoms with E-state index in [0.717, 1.165) is 68.7 Å². The highest BCUT2D eigenvalue weighted by atomic mass is 35.5. The van der Waals surface area contributed by atoms with Crippen molar-refractivity contribution in [1.29, 1.82) is 0 Å². The van der Waals surface area contributed by atoms with Crippen LogP contribution in [-0.4, -0.2) is 80.0 Å². The van der Waals surface area contributed by atoms with Crippen LogP contribution in [0.25, 0.3) is 0 Å². The summed E-state index contributed by atoms with van der Waals surface area (Å²) in [6.45, 7) is 1.42. The van der Waals surface area contributed by atoms with Gasteiger partial charge in [0, 0.05) is 31.2 Å². The Bertz CT molecular complexity index is 1180. The number of anilines is 2. The Labute approximate surface area is 224 Å². The van der Waals surface area contributed by atoms with Gasteiger partial charge in [-0.05, 0) is 45.0 Å². The molecule has 1 aromatic heterocycles. The number of carbonyl (C=O) groups is 2. The van der Waals surface area contributed by atoms with Gasteiger partial charge in [0.15, 0.2) is 5.13 Å². The molecule has 1 aliphatic heterocycles. The Balaban J connectivity index is 0.00000121. The first kappa shape index (κ1) is 29.1. The van der Waals surface area contributed by atoms with Crippen molar-refractivity contribution in [2.75, 3.05) is 37.2 Å². The fourth-order valence-corrected chi connectivity index (χ4v) is 6.98. The molecule has 2 aliphatic rings. The molecule has 4 rings (SSSR count). The Morgan fingerprint density at radius 1 is 1.32 bits per heavy atom. The number of nitrogens with zero attached hydrogens (tertiary/aromatic N) is 3. The normalized spacial score (nSPS) is 22.0. The van der Waals surface area contributed by atoms with E-state index in [-0.39, 0.29) is 40.5 Å². The largest absolute Gasteiger partial charge is 0.483 e. The highest BCUT2D eigenvalue weighted by Crippen LogP contribution is 2.33. The summed E-state index contributed by atoms with van der Waals surface area (Å²) in [4.78, 5) is 28.8. The van der Waals surface area contributed by atoms with Crippen LogP contribution in [0.4, 0.5) is 15.2 Å². The van der Waals surface area contributed by atoms with Crippen LogP contribution in [0.2, 0.25) is 5.02 Å². The molecule has 1 saturated heterocycles. The first-order valence-electron chi connectivity index (χ1n) is 11.8. The molecular formula is C23H31ClFN5O5S2. The topological polar surface area (TPSA) is 132 Å². The van der Waals surface area contributed by atoms with Crippen LogP contribution in [0.15, 0.2) is 28.6 Å². The van der Waals surface area contributed by atoms with Crippen LogP contribution in [-0.2, 0) is 19.6 Å². The summed E-state index contributed by atoms with van der Waals surface area (Å²) in [5.74, 6) is -0.787. The van der Waals surface area contributed by atoms with Gasteiger partial charge < -0.3 is 20.2 Å². The number of thiazole rings is 1. The number of hydrogen-bond donors (Lipinski definition) is 3. The number of likely N-dealkylation sites (N-methyl/N-ethyl adjacent to an activating group) is 1. The van der Waals surface area contributed by atoms with Crippen molar-refractivity contribution in [1.82, 2.24) is 14.8 Å². The molecule has 2 aromatic rings. The van der Waals surface area contributed by atoms with Gasteiger partial charge in [-0.3, -0.25) is 14.3 Å². The first-order valence-corrected chi connectivity index (χ1v) is 14.5. The lowest BCUT2D eigenvalue weighted by Gasteiger charge is -2.40. The molecule has 37 heavy (non-hydrogen) atoms. The van der Waals surface area contributed by atoms with E-state index < -0.39 is 20.7 Å². The van der Waals surface area contributed by atoms with Gasteiger partial charge >= 0.3 is 0 Å². The summed E-state index contributed by atoms with van der Waals surface area (Å²) < 4.78 is 42.4. The Morgan fingerprint density at radius 2 is 2.03 bits per heavy atom. The number of carbonyl (C=O) groups excluding carboxylic acids is 1. The van der Waals surface area contributed by atoms with Crippen LogP contribution in [0.3, 0.4) is 0 Å². The summed E-state index contributed by atoms with van der Waals surface area (Å²) in [5.41, 5.74) is 0.311. The molecule has 2 fully saturated rings. The minimum absolute atomic E-state index is 0.00608. The summed E-state index contributed by atoms with van der Waals surface area (Å²) >= 11 is 7.49. The zero-order chi connectivity index (χ0) is 27.2. The lowest BCUT2D eigenvalue weighted by atomic mass is 9.88. The maximum absolute atomic E-state index is 14.9. The van der Waals surface area contributed by atoms with Crippen molar-refractivity contribution in [3.8, 4) is 0 Å². The number of nitrogens with one attached hydrogen (secondary N) is 2. The van der Waals surface area contributed by atoms with E-state index in [0.29, 0.717) is 5.69 Å². The third-order valence-electron chi connectivity index (χ3n) is 6.62. The van der Waals surface area contributed by atoms with Gasteiger partial charge in [-0.15, -0.1) is 11.3 Å². The molecule has 2 heterocycles. The summed E-state index contributed by atoms with van der Waals surface area (Å²) in [6.07, 6.45) is 5.93. The molecule has 0 bridgehead atoms. The maximum Gasteiger partial charge on any atom is 0.290 e. The monoisotopic (exact) mass is 575 g/mol. The fourth-order valence-electron chi connectivity index (χ4n) is 4.82. The predicted molar refractivity (Wildman–Crippen MR) is 141 cm³/mol. The summed E-state index contributed by atoms with van der Waals surface area (Å²) in [7, 11) is -0.322. The second-order valence-electron chi connectivity index (χ2n) is 9.11. The van der Waals surface area contributed by atoms with Gasteiger partial charge in [-0.25, -0.2) is 17.8 Å². The number of sulfonamides is 1. The maximum atomic E-state index is 14.9. The third-order valence-corrected chi connectivity index (χ3v) is 9.11. The Hall–Kier alpha value is -2.48. The molecule has 1 aromatic carbocycles. The van der Waals surface area contributed by atoms with Crippen molar-refractivity contribution in [2.45, 2.75) is 49.1 Å². The van der Waals surface area contributed by atoms with Gasteiger partial charge in [0.25, 0.3) is 16.5 Å². The zero-order valence-corrected chi connectivity index (χ0v) is 23.0. The van der Waals surface area contributed by atoms with Crippen molar-refractivity contribution in [3.05, 3.63) is 34.5 Å². The van der Waals surface area contributed by atoms with Crippen molar-refractivity contribution in [3.63, 3.8) is 0 Å². The minimum atomic E-state index is -4.18. The number of aromatic nitrogens is 1. The first-order chi connectivity index (χ1) is 17.6. The van der Waals surface area contributed by atoms with Crippen molar-refractivity contribution in [2.24, 2.45) is 5.92 Å². The number of likely N-dealkylation sites (tertiary alicyclic amines) is 1. The number of halogens is 2. The van der Waals surface area contributed by atoms with Gasteiger partial charge in [-0.1, -0.05) is 24.4 Å².